The molecule has 2 amide bonds. The number of para-hydroxylation sites is 1. The van der Waals surface area contributed by atoms with Crippen LogP contribution in [0.5, 0.6) is 11.5 Å². The third-order valence-corrected chi connectivity index (χ3v) is 5.59. The molecule has 1 aromatic heterocycles. The fourth-order valence-electron chi connectivity index (χ4n) is 3.93. The van der Waals surface area contributed by atoms with Gasteiger partial charge in [-0.25, -0.2) is 0 Å². The number of amides is 2. The molecule has 7 nitrogen and oxygen atoms in total. The first-order chi connectivity index (χ1) is 14.5. The zero-order chi connectivity index (χ0) is 21.1. The summed E-state index contributed by atoms with van der Waals surface area (Å²) in [5.41, 5.74) is 2.29. The number of rotatable bonds is 5. The van der Waals surface area contributed by atoms with E-state index in [0.29, 0.717) is 31.7 Å². The van der Waals surface area contributed by atoms with Crippen molar-refractivity contribution < 1.29 is 19.8 Å². The number of nitrogens with one attached hydrogen (secondary N) is 2. The molecule has 3 aromatic rings. The molecule has 0 saturated carbocycles. The summed E-state index contributed by atoms with van der Waals surface area (Å²) in [6, 6.07) is 14.2. The fraction of sp³-hybridized carbons (Fsp3) is 0.304. The number of benzene rings is 2. The Labute approximate surface area is 174 Å². The first kappa shape index (κ1) is 19.8. The molecule has 1 fully saturated rings. The molecule has 7 heteroatoms. The molecule has 1 saturated heterocycles. The van der Waals surface area contributed by atoms with Gasteiger partial charge in [0.15, 0.2) is 11.5 Å². The number of aromatic nitrogens is 1. The van der Waals surface area contributed by atoms with Crippen molar-refractivity contribution in [3.63, 3.8) is 0 Å². The highest BCUT2D eigenvalue weighted by molar-refractivity contribution is 5.98. The first-order valence-corrected chi connectivity index (χ1v) is 10.2. The Hall–Kier alpha value is -3.48. The summed E-state index contributed by atoms with van der Waals surface area (Å²) in [7, 11) is 0. The number of nitrogens with zero attached hydrogens (tertiary/aromatic N) is 1. The highest BCUT2D eigenvalue weighted by Crippen LogP contribution is 2.25. The summed E-state index contributed by atoms with van der Waals surface area (Å²) in [5.74, 6) is -0.710. The maximum Gasteiger partial charge on any atom is 0.270 e. The maximum atomic E-state index is 12.9. The summed E-state index contributed by atoms with van der Waals surface area (Å²) >= 11 is 0. The lowest BCUT2D eigenvalue weighted by Crippen LogP contribution is -2.45. The van der Waals surface area contributed by atoms with E-state index in [9.17, 15) is 19.8 Å². The third kappa shape index (κ3) is 4.25. The topological polar surface area (TPSA) is 106 Å². The molecule has 2 aromatic carbocycles. The third-order valence-electron chi connectivity index (χ3n) is 5.59. The van der Waals surface area contributed by atoms with Crippen molar-refractivity contribution in [2.45, 2.75) is 19.3 Å². The number of carbonyl (C=O) groups excluding carboxylic acids is 2. The van der Waals surface area contributed by atoms with E-state index in [2.05, 4.69) is 10.3 Å². The van der Waals surface area contributed by atoms with Gasteiger partial charge in [-0.1, -0.05) is 24.3 Å². The average molecular weight is 407 g/mol. The van der Waals surface area contributed by atoms with Gasteiger partial charge in [0.1, 0.15) is 5.69 Å². The number of H-pyrrole nitrogens is 1. The minimum Gasteiger partial charge on any atom is -0.504 e. The normalized spacial score (nSPS) is 16.5. The lowest BCUT2D eigenvalue weighted by molar-refractivity contribution is -0.126. The van der Waals surface area contributed by atoms with Crippen molar-refractivity contribution in [2.75, 3.05) is 19.6 Å². The SMILES string of the molecule is O=C(NCCc1ccc(O)c(O)c1)[C@@H]1CCCN(C(=O)c2cc3ccccc3[nH]2)C1. The van der Waals surface area contributed by atoms with E-state index in [4.69, 9.17) is 0 Å². The molecule has 4 N–H and O–H groups in total. The Morgan fingerprint density at radius 1 is 1.10 bits per heavy atom. The molecule has 1 atom stereocenters. The molecule has 0 unspecified atom stereocenters. The largest absolute Gasteiger partial charge is 0.504 e. The summed E-state index contributed by atoms with van der Waals surface area (Å²) in [6.07, 6.45) is 2.09. The molecular weight excluding hydrogens is 382 g/mol. The quantitative estimate of drug-likeness (QED) is 0.488. The van der Waals surface area contributed by atoms with Crippen LogP contribution in [-0.4, -0.2) is 51.5 Å². The van der Waals surface area contributed by atoms with Crippen LogP contribution >= 0.6 is 0 Å². The van der Waals surface area contributed by atoms with Gasteiger partial charge in [-0.2, -0.15) is 0 Å². The van der Waals surface area contributed by atoms with E-state index in [1.165, 1.54) is 12.1 Å². The first-order valence-electron chi connectivity index (χ1n) is 10.2. The molecule has 2 heterocycles. The number of piperidine rings is 1. The number of likely N-dealkylation sites (tertiary alicyclic amines) is 1. The second-order valence-corrected chi connectivity index (χ2v) is 7.72. The van der Waals surface area contributed by atoms with Crippen LogP contribution in [0.25, 0.3) is 10.9 Å². The van der Waals surface area contributed by atoms with Gasteiger partial charge >= 0.3 is 0 Å². The molecule has 4 rings (SSSR count). The standard InChI is InChI=1S/C23H25N3O4/c27-20-8-7-15(12-21(20)28)9-10-24-22(29)17-5-3-11-26(14-17)23(30)19-13-16-4-1-2-6-18(16)25-19/h1-2,4,6-8,12-13,17,25,27-28H,3,5,9-11,14H2,(H,24,29)/t17-/m1/s1. The molecule has 0 spiro atoms. The van der Waals surface area contributed by atoms with Gasteiger partial charge in [0.2, 0.25) is 5.91 Å². The molecule has 0 radical (unpaired) electrons. The molecule has 1 aliphatic rings. The average Bonchev–Trinajstić information content (AvgIpc) is 3.20. The van der Waals surface area contributed by atoms with E-state index in [-0.39, 0.29) is 29.2 Å². The van der Waals surface area contributed by atoms with Gasteiger partial charge in [0.05, 0.1) is 5.92 Å². The lowest BCUT2D eigenvalue weighted by Gasteiger charge is -2.31. The molecular formula is C23H25N3O4. The van der Waals surface area contributed by atoms with Crippen molar-refractivity contribution in [1.29, 1.82) is 0 Å². The van der Waals surface area contributed by atoms with Crippen LogP contribution in [0.2, 0.25) is 0 Å². The van der Waals surface area contributed by atoms with Crippen LogP contribution in [0.3, 0.4) is 0 Å². The highest BCUT2D eigenvalue weighted by atomic mass is 16.3. The zero-order valence-corrected chi connectivity index (χ0v) is 16.6. The van der Waals surface area contributed by atoms with Crippen molar-refractivity contribution in [3.05, 3.63) is 59.8 Å². The van der Waals surface area contributed by atoms with Crippen LogP contribution in [0, 0.1) is 5.92 Å². The van der Waals surface area contributed by atoms with E-state index in [0.717, 1.165) is 29.3 Å². The number of fused-ring (bicyclic) bond motifs is 1. The number of phenols is 2. The minimum atomic E-state index is -0.236. The van der Waals surface area contributed by atoms with Crippen molar-refractivity contribution in [3.8, 4) is 11.5 Å². The second-order valence-electron chi connectivity index (χ2n) is 7.72. The van der Waals surface area contributed by atoms with Gasteiger partial charge in [0, 0.05) is 30.5 Å². The number of phenolic OH excluding ortho intramolecular Hbond substituents is 2. The van der Waals surface area contributed by atoms with Crippen LogP contribution in [0.4, 0.5) is 0 Å². The zero-order valence-electron chi connectivity index (χ0n) is 16.6. The Bertz CT molecular complexity index is 1040. The number of aromatic amines is 1. The number of aromatic hydroxyl groups is 2. The Kier molecular flexibility index (Phi) is 5.61. The minimum absolute atomic E-state index is 0.0628. The number of hydrogen-bond acceptors (Lipinski definition) is 4. The fourth-order valence-corrected chi connectivity index (χ4v) is 3.93. The number of carbonyl (C=O) groups is 2. The summed E-state index contributed by atoms with van der Waals surface area (Å²) in [4.78, 5) is 30.4. The molecule has 156 valence electrons. The Morgan fingerprint density at radius 3 is 2.73 bits per heavy atom. The summed E-state index contributed by atoms with van der Waals surface area (Å²) in [6.45, 7) is 1.47. The van der Waals surface area contributed by atoms with Crippen LogP contribution in [-0.2, 0) is 11.2 Å². The maximum absolute atomic E-state index is 12.9. The molecule has 0 aliphatic carbocycles. The Balaban J connectivity index is 1.33. The van der Waals surface area contributed by atoms with E-state index < -0.39 is 0 Å². The van der Waals surface area contributed by atoms with Gasteiger partial charge in [-0.3, -0.25) is 9.59 Å². The number of hydrogen-bond donors (Lipinski definition) is 4. The van der Waals surface area contributed by atoms with Crippen LogP contribution in [0.1, 0.15) is 28.9 Å². The highest BCUT2D eigenvalue weighted by Gasteiger charge is 2.29. The van der Waals surface area contributed by atoms with Crippen molar-refractivity contribution >= 4 is 22.7 Å². The lowest BCUT2D eigenvalue weighted by atomic mass is 9.96. The van der Waals surface area contributed by atoms with E-state index >= 15 is 0 Å². The van der Waals surface area contributed by atoms with E-state index in [1.807, 2.05) is 30.3 Å². The summed E-state index contributed by atoms with van der Waals surface area (Å²) < 4.78 is 0. The predicted octanol–water partition coefficient (Wildman–Crippen LogP) is 2.79. The molecule has 0 bridgehead atoms. The van der Waals surface area contributed by atoms with Crippen LogP contribution < -0.4 is 5.32 Å². The van der Waals surface area contributed by atoms with Gasteiger partial charge in [0.25, 0.3) is 5.91 Å². The predicted molar refractivity (Wildman–Crippen MR) is 113 cm³/mol. The molecule has 1 aliphatic heterocycles. The van der Waals surface area contributed by atoms with Gasteiger partial charge < -0.3 is 25.4 Å². The second kappa shape index (κ2) is 8.49. The van der Waals surface area contributed by atoms with E-state index in [1.54, 1.807) is 11.0 Å². The monoisotopic (exact) mass is 407 g/mol. The van der Waals surface area contributed by atoms with Gasteiger partial charge in [-0.05, 0) is 49.1 Å². The smallest absolute Gasteiger partial charge is 0.270 e. The summed E-state index contributed by atoms with van der Waals surface area (Å²) in [5, 5.41) is 22.8. The van der Waals surface area contributed by atoms with Gasteiger partial charge in [-0.15, -0.1) is 0 Å². The van der Waals surface area contributed by atoms with Crippen molar-refractivity contribution in [1.82, 2.24) is 15.2 Å². The Morgan fingerprint density at radius 2 is 1.93 bits per heavy atom. The van der Waals surface area contributed by atoms with Crippen molar-refractivity contribution in [2.24, 2.45) is 5.92 Å². The molecule has 30 heavy (non-hydrogen) atoms. The van der Waals surface area contributed by atoms with Crippen LogP contribution in [0.15, 0.2) is 48.5 Å².